The Balaban J connectivity index is 0.000000169. The van der Waals surface area contributed by atoms with Gasteiger partial charge in [0.2, 0.25) is 0 Å². The highest BCUT2D eigenvalue weighted by molar-refractivity contribution is 6.31. The molecule has 0 radical (unpaired) electrons. The van der Waals surface area contributed by atoms with Gasteiger partial charge in [-0.25, -0.2) is 0 Å². The van der Waals surface area contributed by atoms with Crippen molar-refractivity contribution in [3.63, 3.8) is 0 Å². The first-order chi connectivity index (χ1) is 26.6. The molecule has 4 heterocycles. The second-order valence-corrected chi connectivity index (χ2v) is 16.6. The van der Waals surface area contributed by atoms with E-state index < -0.39 is 6.10 Å². The van der Waals surface area contributed by atoms with Crippen molar-refractivity contribution in [2.45, 2.75) is 30.8 Å². The Morgan fingerprint density at radius 3 is 1.33 bits per heavy atom. The van der Waals surface area contributed by atoms with Gasteiger partial charge in [-0.2, -0.15) is 0 Å². The molecule has 8 rings (SSSR count). The third-order valence-corrected chi connectivity index (χ3v) is 12.3. The molecule has 4 aliphatic heterocycles. The Labute approximate surface area is 344 Å². The summed E-state index contributed by atoms with van der Waals surface area (Å²) in [5.41, 5.74) is 4.15. The smallest absolute Gasteiger partial charge is 0.253 e. The highest BCUT2D eigenvalue weighted by atomic mass is 35.5. The number of rotatable bonds is 7. The molecular weight excluding hydrogens is 778 g/mol. The monoisotopic (exact) mass is 824 g/mol. The fraction of sp³-hybridized carbons (Fsp3) is 0.405. The number of hydrogen-bond donors (Lipinski definition) is 2. The van der Waals surface area contributed by atoms with Crippen LogP contribution in [0.25, 0.3) is 0 Å². The van der Waals surface area contributed by atoms with Gasteiger partial charge in [0.1, 0.15) is 0 Å². The Kier molecular flexibility index (Phi) is 13.5. The van der Waals surface area contributed by atoms with Crippen LogP contribution in [0.15, 0.2) is 97.1 Å². The van der Waals surface area contributed by atoms with E-state index in [2.05, 4.69) is 36.6 Å². The third kappa shape index (κ3) is 10.3. The molecule has 4 aromatic rings. The maximum Gasteiger partial charge on any atom is 0.253 e. The molecule has 55 heavy (non-hydrogen) atoms. The number of aliphatic hydroxyl groups is 2. The van der Waals surface area contributed by atoms with Gasteiger partial charge in [0, 0.05) is 122 Å². The number of amides is 1. The van der Waals surface area contributed by atoms with Crippen molar-refractivity contribution in [2.75, 3.05) is 88.3 Å². The summed E-state index contributed by atoms with van der Waals surface area (Å²) in [5, 5.41) is 24.1. The maximum absolute atomic E-state index is 12.7. The minimum Gasteiger partial charge on any atom is -0.390 e. The van der Waals surface area contributed by atoms with Crippen LogP contribution in [0.3, 0.4) is 0 Å². The summed E-state index contributed by atoms with van der Waals surface area (Å²) in [5.74, 6) is 0.0334. The molecule has 0 bridgehead atoms. The van der Waals surface area contributed by atoms with Gasteiger partial charge in [-0.05, 0) is 90.5 Å². The molecule has 0 saturated carbocycles. The van der Waals surface area contributed by atoms with E-state index in [1.807, 2.05) is 65.6 Å². The second kappa shape index (κ2) is 18.4. The minimum absolute atomic E-state index is 0.0334. The molecule has 292 valence electrons. The van der Waals surface area contributed by atoms with Crippen LogP contribution in [0, 0.1) is 0 Å². The Bertz CT molecular complexity index is 1840. The van der Waals surface area contributed by atoms with E-state index in [4.69, 9.17) is 46.4 Å². The number of nitrogens with zero attached hydrogens (tertiary/aromatic N) is 6. The van der Waals surface area contributed by atoms with Crippen LogP contribution < -0.4 is 9.80 Å². The van der Waals surface area contributed by atoms with Crippen molar-refractivity contribution in [3.05, 3.63) is 128 Å². The van der Waals surface area contributed by atoms with E-state index in [0.717, 1.165) is 80.3 Å². The number of β-amino-alcohol motifs (C(OH)–C–C–N with tert-alkyl or cyclic N) is 2. The average molecular weight is 827 g/mol. The predicted molar refractivity (Wildman–Crippen MR) is 224 cm³/mol. The highest BCUT2D eigenvalue weighted by Crippen LogP contribution is 2.28. The van der Waals surface area contributed by atoms with Gasteiger partial charge in [-0.1, -0.05) is 58.5 Å². The lowest BCUT2D eigenvalue weighted by Gasteiger charge is -2.38. The van der Waals surface area contributed by atoms with E-state index in [0.29, 0.717) is 41.8 Å². The molecule has 4 unspecified atom stereocenters. The first kappa shape index (κ1) is 40.1. The molecule has 9 nitrogen and oxygen atoms in total. The molecule has 0 aromatic heterocycles. The first-order valence-electron chi connectivity index (χ1n) is 19.0. The molecule has 4 saturated heterocycles. The van der Waals surface area contributed by atoms with Crippen LogP contribution in [0.4, 0.5) is 11.4 Å². The summed E-state index contributed by atoms with van der Waals surface area (Å²) >= 11 is 23.8. The highest BCUT2D eigenvalue weighted by Gasteiger charge is 2.38. The van der Waals surface area contributed by atoms with Gasteiger partial charge in [-0.15, -0.1) is 0 Å². The van der Waals surface area contributed by atoms with Gasteiger partial charge in [0.05, 0.1) is 24.3 Å². The molecule has 4 aliphatic rings. The van der Waals surface area contributed by atoms with Gasteiger partial charge in [-0.3, -0.25) is 19.5 Å². The SMILES string of the molecule is O=C(c1ccc(Cl)cc1)N1CCN(C2CN(c3ccc(Cl)cc3)CC2O)CC1.OC1CN(c2ccc(Cl)cc2)CC1N1CCN(Cc2ccc(Cl)cc2)CC1. The summed E-state index contributed by atoms with van der Waals surface area (Å²) in [4.78, 5) is 26.2. The largest absolute Gasteiger partial charge is 0.390 e. The molecule has 4 aromatic carbocycles. The summed E-state index contributed by atoms with van der Waals surface area (Å²) in [6, 6.07) is 31.0. The lowest BCUT2D eigenvalue weighted by Crippen LogP contribution is -2.54. The summed E-state index contributed by atoms with van der Waals surface area (Å²) in [7, 11) is 0. The molecule has 0 spiro atoms. The molecule has 2 N–H and O–H groups in total. The molecular formula is C42H48Cl4N6O3. The minimum atomic E-state index is -0.408. The Morgan fingerprint density at radius 2 is 0.891 bits per heavy atom. The van der Waals surface area contributed by atoms with Crippen molar-refractivity contribution >= 4 is 63.7 Å². The van der Waals surface area contributed by atoms with Crippen molar-refractivity contribution in [1.29, 1.82) is 0 Å². The maximum atomic E-state index is 12.7. The molecule has 13 heteroatoms. The molecule has 4 atom stereocenters. The average Bonchev–Trinajstić information content (AvgIpc) is 3.79. The number of benzene rings is 4. The van der Waals surface area contributed by atoms with E-state index in [-0.39, 0.29) is 24.1 Å². The van der Waals surface area contributed by atoms with Gasteiger partial charge >= 0.3 is 0 Å². The quantitative estimate of drug-likeness (QED) is 0.223. The van der Waals surface area contributed by atoms with Crippen LogP contribution in [0.5, 0.6) is 0 Å². The van der Waals surface area contributed by atoms with E-state index >= 15 is 0 Å². The number of anilines is 2. The first-order valence-corrected chi connectivity index (χ1v) is 20.5. The topological polar surface area (TPSA) is 77.0 Å². The Hall–Kier alpha value is -3.09. The number of piperazine rings is 2. The number of aliphatic hydroxyl groups excluding tert-OH is 2. The van der Waals surface area contributed by atoms with E-state index in [1.165, 1.54) is 5.56 Å². The number of carbonyl (C=O) groups is 1. The standard InChI is InChI=1S/C21H23Cl2N3O2.C21H25Cl2N3O/c22-16-3-1-15(2-4-16)21(28)25-11-9-24(10-12-25)19-13-26(14-20(19)27)18-7-5-17(23)6-8-18;22-17-3-1-16(2-4-17)13-24-9-11-25(12-10-24)20-14-26(15-21(20)27)19-7-5-18(23)6-8-19/h1-8,19-20,27H,9-14H2;1-8,20-21,27H,9-15H2. The summed E-state index contributed by atoms with van der Waals surface area (Å²) in [6.45, 7) is 10.7. The number of halogens is 4. The van der Waals surface area contributed by atoms with Gasteiger partial charge in [0.25, 0.3) is 5.91 Å². The van der Waals surface area contributed by atoms with E-state index in [9.17, 15) is 15.0 Å². The lowest BCUT2D eigenvalue weighted by molar-refractivity contribution is 0.0376. The van der Waals surface area contributed by atoms with Crippen molar-refractivity contribution < 1.29 is 15.0 Å². The summed E-state index contributed by atoms with van der Waals surface area (Å²) in [6.07, 6.45) is -0.724. The molecule has 0 aliphatic carbocycles. The van der Waals surface area contributed by atoms with Crippen LogP contribution in [0.1, 0.15) is 15.9 Å². The van der Waals surface area contributed by atoms with Crippen molar-refractivity contribution in [2.24, 2.45) is 0 Å². The molecule has 4 fully saturated rings. The van der Waals surface area contributed by atoms with Crippen LogP contribution in [-0.2, 0) is 6.54 Å². The van der Waals surface area contributed by atoms with Crippen molar-refractivity contribution in [3.8, 4) is 0 Å². The van der Waals surface area contributed by atoms with Gasteiger partial charge < -0.3 is 24.9 Å². The number of hydrogen-bond acceptors (Lipinski definition) is 8. The third-order valence-electron chi connectivity index (χ3n) is 11.3. The molecule has 1 amide bonds. The van der Waals surface area contributed by atoms with Crippen LogP contribution in [0.2, 0.25) is 20.1 Å². The van der Waals surface area contributed by atoms with Crippen LogP contribution >= 0.6 is 46.4 Å². The van der Waals surface area contributed by atoms with Crippen LogP contribution in [-0.4, -0.2) is 139 Å². The van der Waals surface area contributed by atoms with E-state index in [1.54, 1.807) is 24.3 Å². The fourth-order valence-corrected chi connectivity index (χ4v) is 8.62. The Morgan fingerprint density at radius 1 is 0.509 bits per heavy atom. The zero-order chi connectivity index (χ0) is 38.5. The lowest BCUT2D eigenvalue weighted by atomic mass is 10.1. The van der Waals surface area contributed by atoms with Gasteiger partial charge in [0.15, 0.2) is 0 Å². The fourth-order valence-electron chi connectivity index (χ4n) is 8.11. The zero-order valence-electron chi connectivity index (χ0n) is 30.7. The second-order valence-electron chi connectivity index (χ2n) is 14.8. The summed E-state index contributed by atoms with van der Waals surface area (Å²) < 4.78 is 0. The normalized spacial score (nSPS) is 23.9. The van der Waals surface area contributed by atoms with Crippen molar-refractivity contribution in [1.82, 2.24) is 19.6 Å². The predicted octanol–water partition coefficient (Wildman–Crippen LogP) is 6.36. The zero-order valence-corrected chi connectivity index (χ0v) is 33.8. The number of carbonyl (C=O) groups excluding carboxylic acids is 1.